The number of halogens is 1. The fourth-order valence-corrected chi connectivity index (χ4v) is 3.47. The van der Waals surface area contributed by atoms with E-state index in [2.05, 4.69) is 30.9 Å². The molecule has 0 atom stereocenters. The van der Waals surface area contributed by atoms with Crippen molar-refractivity contribution in [3.05, 3.63) is 90.3 Å². The van der Waals surface area contributed by atoms with Crippen LogP contribution in [0.3, 0.4) is 0 Å². The van der Waals surface area contributed by atoms with E-state index in [0.717, 1.165) is 16.5 Å². The monoisotopic (exact) mass is 457 g/mol. The van der Waals surface area contributed by atoms with E-state index in [-0.39, 0.29) is 17.4 Å². The summed E-state index contributed by atoms with van der Waals surface area (Å²) in [5.41, 5.74) is 2.62. The van der Waals surface area contributed by atoms with Gasteiger partial charge in [0.2, 0.25) is 0 Å². The first-order chi connectivity index (χ1) is 16.7. The van der Waals surface area contributed by atoms with Gasteiger partial charge >= 0.3 is 0 Å². The van der Waals surface area contributed by atoms with E-state index in [1.54, 1.807) is 29.1 Å². The Morgan fingerprint density at radius 3 is 2.71 bits per heavy atom. The van der Waals surface area contributed by atoms with Crippen molar-refractivity contribution in [2.75, 3.05) is 11.9 Å². The fraction of sp³-hybridized carbons (Fsp3) is 0.125. The summed E-state index contributed by atoms with van der Waals surface area (Å²) in [6.45, 7) is 1.22. The minimum Gasteiger partial charge on any atom is -0.365 e. The van der Waals surface area contributed by atoms with Gasteiger partial charge in [0.05, 0.1) is 18.1 Å². The predicted molar refractivity (Wildman–Crippen MR) is 123 cm³/mol. The van der Waals surface area contributed by atoms with Crippen LogP contribution in [-0.2, 0) is 13.1 Å². The van der Waals surface area contributed by atoms with E-state index in [9.17, 15) is 9.18 Å². The Morgan fingerprint density at radius 1 is 1.06 bits per heavy atom. The zero-order valence-electron chi connectivity index (χ0n) is 18.0. The summed E-state index contributed by atoms with van der Waals surface area (Å²) in [5, 5.41) is 15.0. The van der Waals surface area contributed by atoms with Crippen LogP contribution >= 0.6 is 0 Å². The molecular formula is C24H20FN7O2. The van der Waals surface area contributed by atoms with Crippen molar-refractivity contribution in [2.24, 2.45) is 0 Å². The van der Waals surface area contributed by atoms with Crippen molar-refractivity contribution in [2.45, 2.75) is 13.1 Å². The molecule has 0 fully saturated rings. The molecule has 3 aromatic heterocycles. The van der Waals surface area contributed by atoms with E-state index in [1.807, 2.05) is 30.3 Å². The second-order valence-corrected chi connectivity index (χ2v) is 7.51. The lowest BCUT2D eigenvalue weighted by Crippen LogP contribution is -2.27. The minimum atomic E-state index is -0.335. The maximum absolute atomic E-state index is 13.1. The number of nitrogens with one attached hydrogen (secondary N) is 2. The van der Waals surface area contributed by atoms with Crippen LogP contribution in [0, 0.1) is 5.82 Å². The molecule has 0 saturated carbocycles. The standard InChI is InChI=1S/C24H20FN7O2/c25-18-8-6-16(7-9-18)13-27-22-19-14-30-32(23(19)29-15-28-22)11-10-26-24(33)20-12-21(34-31-20)17-4-2-1-3-5-17/h1-9,12,14-15H,10-11,13H2,(H,26,33)(H,27,28,29). The summed E-state index contributed by atoms with van der Waals surface area (Å²) in [5.74, 6) is 0.544. The molecule has 0 bridgehead atoms. The summed E-state index contributed by atoms with van der Waals surface area (Å²) in [6, 6.07) is 17.3. The number of anilines is 1. The van der Waals surface area contributed by atoms with Gasteiger partial charge in [-0.25, -0.2) is 19.0 Å². The number of rotatable bonds is 8. The third kappa shape index (κ3) is 4.60. The largest absolute Gasteiger partial charge is 0.365 e. The fourth-order valence-electron chi connectivity index (χ4n) is 3.47. The summed E-state index contributed by atoms with van der Waals surface area (Å²) < 4.78 is 20.1. The number of aromatic nitrogens is 5. The van der Waals surface area contributed by atoms with Crippen LogP contribution < -0.4 is 10.6 Å². The highest BCUT2D eigenvalue weighted by Crippen LogP contribution is 2.20. The molecule has 5 aromatic rings. The highest BCUT2D eigenvalue weighted by atomic mass is 19.1. The van der Waals surface area contributed by atoms with Gasteiger partial charge in [0.1, 0.15) is 18.0 Å². The molecule has 0 unspecified atom stereocenters. The number of benzene rings is 2. The SMILES string of the molecule is O=C(NCCn1ncc2c(NCc3ccc(F)cc3)ncnc21)c1cc(-c2ccccc2)on1. The first kappa shape index (κ1) is 21.3. The minimum absolute atomic E-state index is 0.207. The third-order valence-corrected chi connectivity index (χ3v) is 5.22. The van der Waals surface area contributed by atoms with Crippen molar-refractivity contribution in [3.8, 4) is 11.3 Å². The van der Waals surface area contributed by atoms with Crippen LogP contribution in [-0.4, -0.2) is 37.4 Å². The first-order valence-corrected chi connectivity index (χ1v) is 10.6. The summed E-state index contributed by atoms with van der Waals surface area (Å²) >= 11 is 0. The van der Waals surface area contributed by atoms with Crippen LogP contribution in [0.1, 0.15) is 16.1 Å². The molecule has 0 spiro atoms. The highest BCUT2D eigenvalue weighted by molar-refractivity contribution is 5.93. The first-order valence-electron chi connectivity index (χ1n) is 10.6. The zero-order chi connectivity index (χ0) is 23.3. The van der Waals surface area contributed by atoms with Crippen LogP contribution in [0.25, 0.3) is 22.4 Å². The van der Waals surface area contributed by atoms with Gasteiger partial charge in [-0.1, -0.05) is 47.6 Å². The Hall–Kier alpha value is -4.60. The second-order valence-electron chi connectivity index (χ2n) is 7.51. The van der Waals surface area contributed by atoms with Crippen molar-refractivity contribution in [1.29, 1.82) is 0 Å². The normalized spacial score (nSPS) is 11.0. The zero-order valence-corrected chi connectivity index (χ0v) is 18.0. The average Bonchev–Trinajstić information content (AvgIpc) is 3.53. The topological polar surface area (TPSA) is 111 Å². The van der Waals surface area contributed by atoms with Crippen LogP contribution in [0.5, 0.6) is 0 Å². The maximum Gasteiger partial charge on any atom is 0.273 e. The molecule has 10 heteroatoms. The van der Waals surface area contributed by atoms with E-state index < -0.39 is 0 Å². The number of fused-ring (bicyclic) bond motifs is 1. The molecule has 0 aliphatic heterocycles. The Balaban J connectivity index is 1.20. The predicted octanol–water partition coefficient (Wildman–Crippen LogP) is 3.66. The molecule has 0 saturated heterocycles. The lowest BCUT2D eigenvalue weighted by atomic mass is 10.1. The lowest BCUT2D eigenvalue weighted by Gasteiger charge is -2.07. The van der Waals surface area contributed by atoms with Gasteiger partial charge in [0.15, 0.2) is 17.1 Å². The Labute approximate surface area is 193 Å². The number of carbonyl (C=O) groups excluding carboxylic acids is 1. The van der Waals surface area contributed by atoms with Crippen molar-refractivity contribution < 1.29 is 13.7 Å². The highest BCUT2D eigenvalue weighted by Gasteiger charge is 2.14. The molecule has 2 N–H and O–H groups in total. The molecule has 3 heterocycles. The van der Waals surface area contributed by atoms with Crippen LogP contribution in [0.4, 0.5) is 10.2 Å². The van der Waals surface area contributed by atoms with Crippen molar-refractivity contribution in [1.82, 2.24) is 30.2 Å². The van der Waals surface area contributed by atoms with Crippen LogP contribution in [0.2, 0.25) is 0 Å². The number of nitrogens with zero attached hydrogens (tertiary/aromatic N) is 5. The van der Waals surface area contributed by atoms with E-state index in [4.69, 9.17) is 4.52 Å². The molecule has 0 radical (unpaired) electrons. The van der Waals surface area contributed by atoms with Crippen molar-refractivity contribution in [3.63, 3.8) is 0 Å². The average molecular weight is 457 g/mol. The summed E-state index contributed by atoms with van der Waals surface area (Å²) in [4.78, 5) is 21.1. The van der Waals surface area contributed by atoms with Gasteiger partial charge in [0.25, 0.3) is 5.91 Å². The lowest BCUT2D eigenvalue weighted by molar-refractivity contribution is 0.0943. The molecule has 0 aliphatic rings. The summed E-state index contributed by atoms with van der Waals surface area (Å²) in [6.07, 6.45) is 3.13. The van der Waals surface area contributed by atoms with E-state index in [0.29, 0.717) is 36.9 Å². The number of hydrogen-bond acceptors (Lipinski definition) is 7. The molecule has 2 aromatic carbocycles. The molecule has 170 valence electrons. The number of amides is 1. The van der Waals surface area contributed by atoms with Gasteiger partial charge in [-0.3, -0.25) is 4.79 Å². The van der Waals surface area contributed by atoms with Gasteiger partial charge in [-0.15, -0.1) is 0 Å². The maximum atomic E-state index is 13.1. The molecular weight excluding hydrogens is 437 g/mol. The quantitative estimate of drug-likeness (QED) is 0.366. The molecule has 5 rings (SSSR count). The third-order valence-electron chi connectivity index (χ3n) is 5.22. The van der Waals surface area contributed by atoms with E-state index in [1.165, 1.54) is 18.5 Å². The van der Waals surface area contributed by atoms with Crippen LogP contribution in [0.15, 0.2) is 77.7 Å². The Kier molecular flexibility index (Phi) is 5.93. The smallest absolute Gasteiger partial charge is 0.273 e. The Bertz CT molecular complexity index is 1410. The molecule has 9 nitrogen and oxygen atoms in total. The second kappa shape index (κ2) is 9.49. The number of hydrogen-bond donors (Lipinski definition) is 2. The molecule has 1 amide bonds. The number of carbonyl (C=O) groups is 1. The van der Waals surface area contributed by atoms with Gasteiger partial charge < -0.3 is 15.2 Å². The molecule has 0 aliphatic carbocycles. The molecule has 34 heavy (non-hydrogen) atoms. The Morgan fingerprint density at radius 2 is 1.88 bits per heavy atom. The van der Waals surface area contributed by atoms with Gasteiger partial charge in [0, 0.05) is 24.7 Å². The van der Waals surface area contributed by atoms with Gasteiger partial charge in [-0.2, -0.15) is 5.10 Å². The van der Waals surface area contributed by atoms with Gasteiger partial charge in [-0.05, 0) is 17.7 Å². The summed E-state index contributed by atoms with van der Waals surface area (Å²) in [7, 11) is 0. The van der Waals surface area contributed by atoms with E-state index >= 15 is 0 Å². The van der Waals surface area contributed by atoms with Crippen molar-refractivity contribution >= 4 is 22.8 Å².